The monoisotopic (exact) mass is 1010 g/mol. The van der Waals surface area contributed by atoms with Crippen molar-refractivity contribution in [1.82, 2.24) is 24.9 Å². The second-order valence-corrected chi connectivity index (χ2v) is 19.3. The predicted octanol–water partition coefficient (Wildman–Crippen LogP) is 18.8. The van der Waals surface area contributed by atoms with Crippen molar-refractivity contribution < 1.29 is 0 Å². The fourth-order valence-corrected chi connectivity index (χ4v) is 10.5. The van der Waals surface area contributed by atoms with Gasteiger partial charge in [-0.1, -0.05) is 212 Å². The Hall–Kier alpha value is -10.7. The first-order valence-electron chi connectivity index (χ1n) is 26.5. The number of hydrogen-bond donors (Lipinski definition) is 0. The van der Waals surface area contributed by atoms with Crippen LogP contribution in [0.25, 0.3) is 112 Å². The van der Waals surface area contributed by atoms with Crippen LogP contribution in [0.1, 0.15) is 0 Å². The Bertz CT molecular complexity index is 4060. The van der Waals surface area contributed by atoms with Crippen molar-refractivity contribution in [1.29, 1.82) is 0 Å². The molecule has 0 bridgehead atoms. The molecule has 0 spiro atoms. The lowest BCUT2D eigenvalue weighted by atomic mass is 9.86. The largest absolute Gasteiger partial charge is 0.279 e. The van der Waals surface area contributed by atoms with Gasteiger partial charge in [0.25, 0.3) is 0 Å². The average molecular weight is 1010 g/mol. The van der Waals surface area contributed by atoms with Gasteiger partial charge in [-0.2, -0.15) is 0 Å². The molecule has 9 aromatic carbocycles. The molecule has 4 heterocycles. The van der Waals surface area contributed by atoms with Gasteiger partial charge in [-0.15, -0.1) is 0 Å². The molecule has 13 aromatic rings. The standard InChI is InChI=1S/C73H50N6/c1-3-18-54(19-4-1)70-30-17-31-71(77-70)79(61-20-5-2-6-21-61)72-44-47-76-73(78-72)57-42-36-53(37-43-57)64-24-9-12-27-67(64)60-49-58(65-25-10-7-22-62(65)51-32-38-55(39-33-51)68-28-13-15-45-74-68)48-59(50-60)66-26-11-8-23-63(66)52-34-40-56(41-35-52)69-29-14-16-46-75-69/h1-50H. The van der Waals surface area contributed by atoms with Crippen LogP contribution in [0.3, 0.4) is 0 Å². The van der Waals surface area contributed by atoms with E-state index < -0.39 is 0 Å². The van der Waals surface area contributed by atoms with Crippen LogP contribution in [0.4, 0.5) is 17.3 Å². The van der Waals surface area contributed by atoms with E-state index in [2.05, 4.69) is 203 Å². The summed E-state index contributed by atoms with van der Waals surface area (Å²) >= 11 is 0. The highest BCUT2D eigenvalue weighted by molar-refractivity contribution is 5.94. The lowest BCUT2D eigenvalue weighted by molar-refractivity contribution is 1.09. The van der Waals surface area contributed by atoms with Gasteiger partial charge in [0.1, 0.15) is 11.6 Å². The third-order valence-electron chi connectivity index (χ3n) is 14.3. The summed E-state index contributed by atoms with van der Waals surface area (Å²) in [7, 11) is 0. The van der Waals surface area contributed by atoms with Crippen molar-refractivity contribution in [2.24, 2.45) is 0 Å². The van der Waals surface area contributed by atoms with Crippen molar-refractivity contribution in [3.05, 3.63) is 304 Å². The van der Waals surface area contributed by atoms with Crippen LogP contribution in [0.15, 0.2) is 304 Å². The molecule has 0 N–H and O–H groups in total. The van der Waals surface area contributed by atoms with Crippen LogP contribution in [0.2, 0.25) is 0 Å². The van der Waals surface area contributed by atoms with Gasteiger partial charge in [0.2, 0.25) is 0 Å². The number of aromatic nitrogens is 5. The Morgan fingerprint density at radius 1 is 0.215 bits per heavy atom. The van der Waals surface area contributed by atoms with Gasteiger partial charge in [0.05, 0.1) is 17.1 Å². The summed E-state index contributed by atoms with van der Waals surface area (Å²) in [6, 6.07) is 99.9. The van der Waals surface area contributed by atoms with E-state index in [9.17, 15) is 0 Å². The maximum Gasteiger partial charge on any atom is 0.161 e. The summed E-state index contributed by atoms with van der Waals surface area (Å²) < 4.78 is 0. The highest BCUT2D eigenvalue weighted by Crippen LogP contribution is 2.43. The summed E-state index contributed by atoms with van der Waals surface area (Å²) in [6.45, 7) is 0. The minimum atomic E-state index is 0.616. The van der Waals surface area contributed by atoms with Gasteiger partial charge in [0, 0.05) is 46.5 Å². The Morgan fingerprint density at radius 3 is 1.04 bits per heavy atom. The third kappa shape index (κ3) is 10.1. The Balaban J connectivity index is 0.890. The third-order valence-corrected chi connectivity index (χ3v) is 14.3. The van der Waals surface area contributed by atoms with E-state index in [-0.39, 0.29) is 0 Å². The molecule has 6 heteroatoms. The minimum absolute atomic E-state index is 0.616. The van der Waals surface area contributed by atoms with E-state index in [1.165, 1.54) is 0 Å². The molecule has 13 rings (SSSR count). The molecule has 0 radical (unpaired) electrons. The first-order chi connectivity index (χ1) is 39.2. The molecule has 0 fully saturated rings. The van der Waals surface area contributed by atoms with E-state index in [1.54, 1.807) is 0 Å². The zero-order valence-electron chi connectivity index (χ0n) is 43.1. The summed E-state index contributed by atoms with van der Waals surface area (Å²) in [6.07, 6.45) is 5.51. The minimum Gasteiger partial charge on any atom is -0.279 e. The van der Waals surface area contributed by atoms with E-state index in [0.29, 0.717) is 11.6 Å². The van der Waals surface area contributed by atoms with E-state index >= 15 is 0 Å². The van der Waals surface area contributed by atoms with Crippen LogP contribution in [0.5, 0.6) is 0 Å². The number of benzene rings is 9. The molecule has 6 nitrogen and oxygen atoms in total. The van der Waals surface area contributed by atoms with E-state index in [1.807, 2.05) is 116 Å². The van der Waals surface area contributed by atoms with Crippen molar-refractivity contribution in [3.63, 3.8) is 0 Å². The Labute approximate surface area is 460 Å². The SMILES string of the molecule is c1ccc(-c2cccc(N(c3ccccc3)c3ccnc(-c4ccc(-c5ccccc5-c5cc(-c6ccccc6-c6ccc(-c7ccccn7)cc6)cc(-c6ccccc6-c6ccc(-c7ccccn7)cc6)c5)cc4)n3)n2)cc1. The first kappa shape index (κ1) is 48.0. The topological polar surface area (TPSA) is 67.7 Å². The van der Waals surface area contributed by atoms with Gasteiger partial charge in [-0.05, 0) is 140 Å². The average Bonchev–Trinajstić information content (AvgIpc) is 3.61. The number of rotatable bonds is 13. The van der Waals surface area contributed by atoms with Crippen LogP contribution in [-0.2, 0) is 0 Å². The predicted molar refractivity (Wildman–Crippen MR) is 324 cm³/mol. The number of hydrogen-bond acceptors (Lipinski definition) is 6. The van der Waals surface area contributed by atoms with Crippen LogP contribution >= 0.6 is 0 Å². The number of pyridine rings is 3. The molecular weight excluding hydrogens is 961 g/mol. The van der Waals surface area contributed by atoms with Gasteiger partial charge in [0.15, 0.2) is 5.82 Å². The number of anilines is 3. The van der Waals surface area contributed by atoms with Crippen LogP contribution in [-0.4, -0.2) is 24.9 Å². The van der Waals surface area contributed by atoms with Gasteiger partial charge < -0.3 is 0 Å². The molecule has 0 atom stereocenters. The van der Waals surface area contributed by atoms with Crippen LogP contribution in [0, 0.1) is 0 Å². The van der Waals surface area contributed by atoms with E-state index in [4.69, 9.17) is 15.0 Å². The zero-order valence-corrected chi connectivity index (χ0v) is 43.1. The van der Waals surface area contributed by atoms with Gasteiger partial charge >= 0.3 is 0 Å². The van der Waals surface area contributed by atoms with Gasteiger partial charge in [-0.3, -0.25) is 14.9 Å². The zero-order chi connectivity index (χ0) is 52.7. The summed E-state index contributed by atoms with van der Waals surface area (Å²) in [5.41, 5.74) is 21.3. The van der Waals surface area contributed by atoms with Crippen molar-refractivity contribution in [2.45, 2.75) is 0 Å². The quantitative estimate of drug-likeness (QED) is 0.115. The van der Waals surface area contributed by atoms with Crippen LogP contribution < -0.4 is 4.90 Å². The Morgan fingerprint density at radius 2 is 0.582 bits per heavy atom. The van der Waals surface area contributed by atoms with Crippen molar-refractivity contribution >= 4 is 17.3 Å². The molecule has 79 heavy (non-hydrogen) atoms. The molecule has 372 valence electrons. The Kier molecular flexibility index (Phi) is 13.3. The molecule has 0 aliphatic heterocycles. The maximum atomic E-state index is 5.21. The molecule has 0 aliphatic carbocycles. The maximum absolute atomic E-state index is 5.21. The molecule has 0 saturated heterocycles. The van der Waals surface area contributed by atoms with E-state index in [0.717, 1.165) is 118 Å². The lowest BCUT2D eigenvalue weighted by Crippen LogP contribution is -2.14. The fraction of sp³-hybridized carbons (Fsp3) is 0. The summed E-state index contributed by atoms with van der Waals surface area (Å²) in [5, 5.41) is 0. The second-order valence-electron chi connectivity index (χ2n) is 19.3. The highest BCUT2D eigenvalue weighted by Gasteiger charge is 2.20. The van der Waals surface area contributed by atoms with Crippen molar-refractivity contribution in [3.8, 4) is 112 Å². The molecule has 0 unspecified atom stereocenters. The molecule has 4 aromatic heterocycles. The lowest BCUT2D eigenvalue weighted by Gasteiger charge is -2.24. The summed E-state index contributed by atoms with van der Waals surface area (Å²) in [5.74, 6) is 2.09. The number of para-hydroxylation sites is 1. The molecule has 0 amide bonds. The highest BCUT2D eigenvalue weighted by atomic mass is 15.2. The van der Waals surface area contributed by atoms with Crippen molar-refractivity contribution in [2.75, 3.05) is 4.90 Å². The molecular formula is C73H50N6. The van der Waals surface area contributed by atoms with Gasteiger partial charge in [-0.25, -0.2) is 15.0 Å². The first-order valence-corrected chi connectivity index (χ1v) is 26.5. The smallest absolute Gasteiger partial charge is 0.161 e. The summed E-state index contributed by atoms with van der Waals surface area (Å²) in [4.78, 5) is 26.5. The second kappa shape index (κ2) is 21.9. The normalized spacial score (nSPS) is 11.0. The molecule has 0 aliphatic rings. The fourth-order valence-electron chi connectivity index (χ4n) is 10.5. The molecule has 0 saturated carbocycles. The number of nitrogens with zero attached hydrogens (tertiary/aromatic N) is 6.